The van der Waals surface area contributed by atoms with Crippen LogP contribution in [-0.2, 0) is 14.9 Å². The summed E-state index contributed by atoms with van der Waals surface area (Å²) in [6.45, 7) is 2.46. The molecule has 6 heteroatoms. The lowest BCUT2D eigenvalue weighted by Gasteiger charge is -2.44. The molecule has 2 aliphatic heterocycles. The molecule has 2 atom stereocenters. The highest BCUT2D eigenvalue weighted by Crippen LogP contribution is 2.31. The first-order chi connectivity index (χ1) is 9.19. The van der Waals surface area contributed by atoms with Crippen LogP contribution in [0, 0.1) is 0 Å². The quantitative estimate of drug-likeness (QED) is 0.771. The number of nitrogens with zero attached hydrogens (tertiary/aromatic N) is 2. The average molecular weight is 288 g/mol. The van der Waals surface area contributed by atoms with Gasteiger partial charge < -0.3 is 4.74 Å². The zero-order chi connectivity index (χ0) is 13.3. The molecule has 1 saturated carbocycles. The molecular weight excluding hydrogens is 264 g/mol. The predicted octanol–water partition coefficient (Wildman–Crippen LogP) is 1.36. The van der Waals surface area contributed by atoms with Crippen LogP contribution in [0.3, 0.4) is 0 Å². The van der Waals surface area contributed by atoms with Crippen LogP contribution in [0.5, 0.6) is 0 Å². The molecule has 0 spiro atoms. The first-order valence-corrected chi connectivity index (χ1v) is 8.98. The van der Waals surface area contributed by atoms with Gasteiger partial charge in [-0.2, -0.15) is 17.0 Å². The molecule has 3 rings (SSSR count). The maximum Gasteiger partial charge on any atom is 0.282 e. The third kappa shape index (κ3) is 2.68. The summed E-state index contributed by atoms with van der Waals surface area (Å²) in [4.78, 5) is 0. The Hall–Kier alpha value is -0.170. The number of ether oxygens (including phenoxy) is 1. The van der Waals surface area contributed by atoms with Crippen molar-refractivity contribution in [3.8, 4) is 0 Å². The number of rotatable bonds is 2. The van der Waals surface area contributed by atoms with E-state index >= 15 is 0 Å². The van der Waals surface area contributed by atoms with Crippen LogP contribution in [0.25, 0.3) is 0 Å². The molecule has 3 aliphatic rings. The van der Waals surface area contributed by atoms with Gasteiger partial charge in [0.2, 0.25) is 0 Å². The molecule has 5 nitrogen and oxygen atoms in total. The van der Waals surface area contributed by atoms with Crippen molar-refractivity contribution in [2.24, 2.45) is 0 Å². The molecule has 0 N–H and O–H groups in total. The number of piperidine rings is 1. The second kappa shape index (κ2) is 5.68. The van der Waals surface area contributed by atoms with Crippen LogP contribution >= 0.6 is 0 Å². The van der Waals surface area contributed by atoms with Crippen molar-refractivity contribution < 1.29 is 13.2 Å². The summed E-state index contributed by atoms with van der Waals surface area (Å²) in [5.74, 6) is 0. The summed E-state index contributed by atoms with van der Waals surface area (Å²) in [5.41, 5.74) is 0. The topological polar surface area (TPSA) is 49.9 Å². The van der Waals surface area contributed by atoms with Gasteiger partial charge in [-0.15, -0.1) is 0 Å². The number of morpholine rings is 1. The number of fused-ring (bicyclic) bond motifs is 1. The summed E-state index contributed by atoms with van der Waals surface area (Å²) >= 11 is 0. The first-order valence-electron chi connectivity index (χ1n) is 7.58. The van der Waals surface area contributed by atoms with Gasteiger partial charge in [-0.3, -0.25) is 0 Å². The van der Waals surface area contributed by atoms with Gasteiger partial charge in [0.15, 0.2) is 0 Å². The smallest absolute Gasteiger partial charge is 0.282 e. The number of hydrogen-bond acceptors (Lipinski definition) is 3. The fourth-order valence-electron chi connectivity index (χ4n) is 3.59. The average Bonchev–Trinajstić information content (AvgIpc) is 2.47. The van der Waals surface area contributed by atoms with Gasteiger partial charge in [0, 0.05) is 19.6 Å². The molecule has 3 fully saturated rings. The minimum atomic E-state index is -3.27. The molecule has 0 aromatic heterocycles. The van der Waals surface area contributed by atoms with Crippen LogP contribution in [0.4, 0.5) is 0 Å². The first kappa shape index (κ1) is 13.8. The van der Waals surface area contributed by atoms with E-state index in [9.17, 15) is 8.42 Å². The predicted molar refractivity (Wildman–Crippen MR) is 73.0 cm³/mol. The van der Waals surface area contributed by atoms with Crippen LogP contribution in [0.1, 0.15) is 44.9 Å². The van der Waals surface area contributed by atoms with Crippen molar-refractivity contribution in [1.82, 2.24) is 8.61 Å². The lowest BCUT2D eigenvalue weighted by Crippen LogP contribution is -2.58. The Balaban J connectivity index is 1.78. The summed E-state index contributed by atoms with van der Waals surface area (Å²) in [6.07, 6.45) is 7.53. The van der Waals surface area contributed by atoms with Gasteiger partial charge in [-0.05, 0) is 25.7 Å². The monoisotopic (exact) mass is 288 g/mol. The lowest BCUT2D eigenvalue weighted by molar-refractivity contribution is -0.0603. The molecular formula is C13H24N2O3S. The highest BCUT2D eigenvalue weighted by molar-refractivity contribution is 7.86. The molecule has 0 bridgehead atoms. The Morgan fingerprint density at radius 1 is 0.895 bits per heavy atom. The Morgan fingerprint density at radius 3 is 2.42 bits per heavy atom. The summed E-state index contributed by atoms with van der Waals surface area (Å²) in [6, 6.07) is 0.0782. The lowest BCUT2D eigenvalue weighted by atomic mass is 9.91. The van der Waals surface area contributed by atoms with Crippen LogP contribution in [-0.4, -0.2) is 55.4 Å². The molecule has 2 heterocycles. The van der Waals surface area contributed by atoms with Crippen molar-refractivity contribution in [2.45, 2.75) is 57.1 Å². The fourth-order valence-corrected chi connectivity index (χ4v) is 5.50. The maximum absolute atomic E-state index is 12.8. The van der Waals surface area contributed by atoms with Crippen molar-refractivity contribution in [1.29, 1.82) is 0 Å². The summed E-state index contributed by atoms with van der Waals surface area (Å²) in [5, 5.41) is 0. The molecule has 1 aliphatic carbocycles. The molecule has 110 valence electrons. The molecule has 2 saturated heterocycles. The fraction of sp³-hybridized carbons (Fsp3) is 1.00. The third-order valence-corrected chi connectivity index (χ3v) is 6.68. The van der Waals surface area contributed by atoms with E-state index in [2.05, 4.69) is 0 Å². The van der Waals surface area contributed by atoms with Crippen molar-refractivity contribution in [3.05, 3.63) is 0 Å². The Kier molecular flexibility index (Phi) is 4.12. The van der Waals surface area contributed by atoms with Crippen molar-refractivity contribution in [3.63, 3.8) is 0 Å². The second-order valence-electron chi connectivity index (χ2n) is 5.84. The zero-order valence-electron chi connectivity index (χ0n) is 11.5. The van der Waals surface area contributed by atoms with E-state index in [0.717, 1.165) is 38.5 Å². The van der Waals surface area contributed by atoms with E-state index < -0.39 is 10.2 Å². The number of hydrogen-bond donors (Lipinski definition) is 0. The largest absolute Gasteiger partial charge is 0.375 e. The third-order valence-electron chi connectivity index (χ3n) is 4.62. The van der Waals surface area contributed by atoms with Gasteiger partial charge >= 0.3 is 0 Å². The van der Waals surface area contributed by atoms with Crippen molar-refractivity contribution in [2.75, 3.05) is 26.2 Å². The Labute approximate surface area is 116 Å². The highest BCUT2D eigenvalue weighted by Gasteiger charge is 2.42. The second-order valence-corrected chi connectivity index (χ2v) is 7.72. The van der Waals surface area contributed by atoms with Crippen molar-refractivity contribution >= 4 is 10.2 Å². The molecule has 0 unspecified atom stereocenters. The van der Waals surface area contributed by atoms with Gasteiger partial charge in [-0.25, -0.2) is 0 Å². The Bertz CT molecular complexity index is 404. The minimum Gasteiger partial charge on any atom is -0.375 e. The van der Waals surface area contributed by atoms with E-state index in [0.29, 0.717) is 26.2 Å². The van der Waals surface area contributed by atoms with E-state index in [1.54, 1.807) is 8.61 Å². The highest BCUT2D eigenvalue weighted by atomic mass is 32.2. The summed E-state index contributed by atoms with van der Waals surface area (Å²) < 4.78 is 34.8. The zero-order valence-corrected chi connectivity index (χ0v) is 12.3. The molecule has 19 heavy (non-hydrogen) atoms. The van der Waals surface area contributed by atoms with Gasteiger partial charge in [0.05, 0.1) is 18.8 Å². The van der Waals surface area contributed by atoms with E-state index in [1.165, 1.54) is 6.42 Å². The minimum absolute atomic E-state index is 0.0782. The van der Waals surface area contributed by atoms with E-state index in [-0.39, 0.29) is 12.1 Å². The normalized spacial score (nSPS) is 34.9. The molecule has 0 radical (unpaired) electrons. The standard InChI is InChI=1S/C13H24N2O3S/c16-19(17,14-8-4-1-5-9-14)15-10-11-18-13-7-3-2-6-12(13)15/h12-13H,1-11H2/t12-,13-/m1/s1. The van der Waals surface area contributed by atoms with Gasteiger partial charge in [0.25, 0.3) is 10.2 Å². The van der Waals surface area contributed by atoms with E-state index in [1.807, 2.05) is 0 Å². The van der Waals surface area contributed by atoms with Crippen LogP contribution in [0.15, 0.2) is 0 Å². The SMILES string of the molecule is O=S(=O)(N1CCCCC1)N1CCO[C@@H]2CCCC[C@H]21. The summed E-state index contributed by atoms with van der Waals surface area (Å²) in [7, 11) is -3.27. The molecule has 0 aromatic rings. The maximum atomic E-state index is 12.8. The molecule has 0 aromatic carbocycles. The molecule has 0 amide bonds. The van der Waals surface area contributed by atoms with Crippen LogP contribution in [0.2, 0.25) is 0 Å². The van der Waals surface area contributed by atoms with Gasteiger partial charge in [0.1, 0.15) is 0 Å². The Morgan fingerprint density at radius 2 is 1.63 bits per heavy atom. The van der Waals surface area contributed by atoms with Crippen LogP contribution < -0.4 is 0 Å². The van der Waals surface area contributed by atoms with E-state index in [4.69, 9.17) is 4.74 Å². The van der Waals surface area contributed by atoms with Gasteiger partial charge in [-0.1, -0.05) is 19.3 Å².